The molecular formula is C10H16N2O4S2. The monoisotopic (exact) mass is 292 g/mol. The van der Waals surface area contributed by atoms with Gasteiger partial charge in [-0.2, -0.15) is 8.68 Å². The van der Waals surface area contributed by atoms with E-state index in [0.29, 0.717) is 13.0 Å². The number of aliphatic hydroxyl groups excluding tert-OH is 1. The Morgan fingerprint density at radius 2 is 2.39 bits per heavy atom. The number of ether oxygens (including phenoxy) is 1. The molecule has 1 fully saturated rings. The van der Waals surface area contributed by atoms with E-state index in [-0.39, 0.29) is 17.4 Å². The number of rotatable bonds is 4. The van der Waals surface area contributed by atoms with Crippen molar-refractivity contribution in [3.05, 3.63) is 5.38 Å². The van der Waals surface area contributed by atoms with E-state index in [1.165, 1.54) is 16.8 Å². The zero-order chi connectivity index (χ0) is 13.4. The van der Waals surface area contributed by atoms with E-state index < -0.39 is 15.6 Å². The maximum atomic E-state index is 12.6. The maximum Gasteiger partial charge on any atom is 0.249 e. The molecule has 1 aliphatic heterocycles. The smallest absolute Gasteiger partial charge is 0.249 e. The Bertz CT molecular complexity index is 528. The van der Waals surface area contributed by atoms with Crippen molar-refractivity contribution < 1.29 is 18.3 Å². The number of hydrogen-bond acceptors (Lipinski definition) is 6. The predicted molar refractivity (Wildman–Crippen MR) is 67.3 cm³/mol. The fourth-order valence-electron chi connectivity index (χ4n) is 2.21. The van der Waals surface area contributed by atoms with Gasteiger partial charge in [-0.15, -0.1) is 0 Å². The summed E-state index contributed by atoms with van der Waals surface area (Å²) in [5.74, 6) is 0.118. The molecule has 1 unspecified atom stereocenters. The quantitative estimate of drug-likeness (QED) is 0.883. The Morgan fingerprint density at radius 3 is 3.00 bits per heavy atom. The van der Waals surface area contributed by atoms with Crippen molar-refractivity contribution in [1.82, 2.24) is 8.68 Å². The molecule has 2 rings (SSSR count). The van der Waals surface area contributed by atoms with Crippen LogP contribution in [0.1, 0.15) is 19.8 Å². The van der Waals surface area contributed by atoms with E-state index in [9.17, 15) is 13.5 Å². The van der Waals surface area contributed by atoms with Crippen LogP contribution in [0.2, 0.25) is 0 Å². The molecule has 6 nitrogen and oxygen atoms in total. The van der Waals surface area contributed by atoms with Crippen molar-refractivity contribution in [2.24, 2.45) is 0 Å². The number of nitrogens with zero attached hydrogens (tertiary/aromatic N) is 2. The second-order valence-corrected chi connectivity index (χ2v) is 6.98. The van der Waals surface area contributed by atoms with E-state index in [1.54, 1.807) is 6.92 Å². The van der Waals surface area contributed by atoms with Crippen molar-refractivity contribution in [2.45, 2.75) is 30.2 Å². The van der Waals surface area contributed by atoms with E-state index in [1.807, 2.05) is 0 Å². The number of aliphatic hydroxyl groups is 1. The molecule has 0 bridgehead atoms. The van der Waals surface area contributed by atoms with Gasteiger partial charge in [0.25, 0.3) is 0 Å². The fourth-order valence-corrected chi connectivity index (χ4v) is 5.09. The van der Waals surface area contributed by atoms with Gasteiger partial charge in [-0.05, 0) is 31.3 Å². The molecule has 102 valence electrons. The second-order valence-electron chi connectivity index (χ2n) is 4.52. The average molecular weight is 292 g/mol. The molecule has 0 aliphatic carbocycles. The number of hydrogen-bond donors (Lipinski definition) is 1. The highest BCUT2D eigenvalue weighted by molar-refractivity contribution is 7.89. The molecule has 1 N–H and O–H groups in total. The van der Waals surface area contributed by atoms with Crippen LogP contribution in [0.25, 0.3) is 0 Å². The third-order valence-electron chi connectivity index (χ3n) is 3.29. The molecule has 1 saturated heterocycles. The molecule has 2 heterocycles. The molecule has 0 amide bonds. The Kier molecular flexibility index (Phi) is 3.63. The van der Waals surface area contributed by atoms with Crippen molar-refractivity contribution >= 4 is 21.6 Å². The first kappa shape index (κ1) is 13.7. The minimum atomic E-state index is -3.66. The Balaban J connectivity index is 2.43. The third-order valence-corrected chi connectivity index (χ3v) is 6.10. The summed E-state index contributed by atoms with van der Waals surface area (Å²) in [4.78, 5) is 0.0802. The van der Waals surface area contributed by atoms with Crippen molar-refractivity contribution in [2.75, 3.05) is 20.3 Å². The van der Waals surface area contributed by atoms with Crippen molar-refractivity contribution in [3.63, 3.8) is 0 Å². The van der Waals surface area contributed by atoms with E-state index in [2.05, 4.69) is 4.37 Å². The summed E-state index contributed by atoms with van der Waals surface area (Å²) >= 11 is 1.04. The van der Waals surface area contributed by atoms with Crippen LogP contribution in [0.4, 0.5) is 0 Å². The van der Waals surface area contributed by atoms with E-state index >= 15 is 0 Å². The highest BCUT2D eigenvalue weighted by Crippen LogP contribution is 2.37. The summed E-state index contributed by atoms with van der Waals surface area (Å²) in [6, 6.07) is 0. The topological polar surface area (TPSA) is 79.7 Å². The van der Waals surface area contributed by atoms with Crippen LogP contribution in [-0.2, 0) is 10.0 Å². The molecule has 0 saturated carbocycles. The summed E-state index contributed by atoms with van der Waals surface area (Å²) in [7, 11) is -2.27. The lowest BCUT2D eigenvalue weighted by atomic mass is 10.0. The zero-order valence-electron chi connectivity index (χ0n) is 10.3. The zero-order valence-corrected chi connectivity index (χ0v) is 11.9. The van der Waals surface area contributed by atoms with Gasteiger partial charge in [-0.3, -0.25) is 0 Å². The van der Waals surface area contributed by atoms with Gasteiger partial charge in [0, 0.05) is 11.9 Å². The summed E-state index contributed by atoms with van der Waals surface area (Å²) in [6.45, 7) is 1.98. The minimum Gasteiger partial charge on any atom is -0.479 e. The van der Waals surface area contributed by atoms with Crippen LogP contribution >= 0.6 is 11.5 Å². The van der Waals surface area contributed by atoms with Crippen LogP contribution in [0.3, 0.4) is 0 Å². The van der Waals surface area contributed by atoms with Crippen LogP contribution in [-0.4, -0.2) is 48.0 Å². The molecule has 0 radical (unpaired) electrons. The van der Waals surface area contributed by atoms with Crippen molar-refractivity contribution in [3.8, 4) is 5.88 Å². The van der Waals surface area contributed by atoms with Gasteiger partial charge in [0.2, 0.25) is 15.9 Å². The molecule has 1 aliphatic rings. The van der Waals surface area contributed by atoms with Gasteiger partial charge in [0.1, 0.15) is 0 Å². The van der Waals surface area contributed by atoms with E-state index in [0.717, 1.165) is 18.0 Å². The van der Waals surface area contributed by atoms with Crippen LogP contribution in [0.15, 0.2) is 10.3 Å². The first-order chi connectivity index (χ1) is 8.45. The molecule has 1 aromatic heterocycles. The highest BCUT2D eigenvalue weighted by Gasteiger charge is 2.45. The molecule has 1 atom stereocenters. The molecular weight excluding hydrogens is 276 g/mol. The fraction of sp³-hybridized carbons (Fsp3) is 0.700. The molecule has 18 heavy (non-hydrogen) atoms. The van der Waals surface area contributed by atoms with Crippen LogP contribution in [0, 0.1) is 0 Å². The first-order valence-electron chi connectivity index (χ1n) is 5.58. The average Bonchev–Trinajstić information content (AvgIpc) is 2.95. The normalized spacial score (nSPS) is 25.5. The van der Waals surface area contributed by atoms with Crippen molar-refractivity contribution in [1.29, 1.82) is 0 Å². The molecule has 8 heteroatoms. The summed E-state index contributed by atoms with van der Waals surface area (Å²) in [6.07, 6.45) is 1.40. The standard InChI is InChI=1S/C10H16N2O4S2/c1-10(7-13)4-3-5-12(10)18(14,15)8-6-17-11-9(8)16-2/h6,13H,3-5,7H2,1-2H3. The third kappa shape index (κ3) is 2.03. The summed E-state index contributed by atoms with van der Waals surface area (Å²) in [5, 5.41) is 10.9. The second kappa shape index (κ2) is 4.76. The van der Waals surface area contributed by atoms with E-state index in [4.69, 9.17) is 4.74 Å². The van der Waals surface area contributed by atoms with Gasteiger partial charge in [0.15, 0.2) is 4.90 Å². The number of methoxy groups -OCH3 is 1. The Hall–Kier alpha value is -0.700. The number of aromatic nitrogens is 1. The Morgan fingerprint density at radius 1 is 1.67 bits per heavy atom. The molecule has 0 aromatic carbocycles. The SMILES string of the molecule is COc1nscc1S(=O)(=O)N1CCCC1(C)CO. The number of sulfonamides is 1. The lowest BCUT2D eigenvalue weighted by Gasteiger charge is -2.32. The van der Waals surface area contributed by atoms with Crippen LogP contribution in [0.5, 0.6) is 5.88 Å². The highest BCUT2D eigenvalue weighted by atomic mass is 32.2. The van der Waals surface area contributed by atoms with Gasteiger partial charge < -0.3 is 9.84 Å². The lowest BCUT2D eigenvalue weighted by molar-refractivity contribution is 0.136. The largest absolute Gasteiger partial charge is 0.479 e. The maximum absolute atomic E-state index is 12.6. The summed E-state index contributed by atoms with van der Waals surface area (Å²) < 4.78 is 35.3. The van der Waals surface area contributed by atoms with Crippen LogP contribution < -0.4 is 4.74 Å². The van der Waals surface area contributed by atoms with Gasteiger partial charge in [0.05, 0.1) is 19.3 Å². The minimum absolute atomic E-state index is 0.0802. The Labute approximate surface area is 110 Å². The van der Waals surface area contributed by atoms with Gasteiger partial charge in [-0.25, -0.2) is 8.42 Å². The first-order valence-corrected chi connectivity index (χ1v) is 7.85. The van der Waals surface area contributed by atoms with Gasteiger partial charge in [-0.1, -0.05) is 0 Å². The lowest BCUT2D eigenvalue weighted by Crippen LogP contribution is -2.47. The summed E-state index contributed by atoms with van der Waals surface area (Å²) in [5.41, 5.74) is -0.730. The van der Waals surface area contributed by atoms with Gasteiger partial charge >= 0.3 is 0 Å². The molecule has 0 spiro atoms. The molecule has 1 aromatic rings. The predicted octanol–water partition coefficient (Wildman–Crippen LogP) is 0.687.